The third-order valence-electron chi connectivity index (χ3n) is 11.0. The fourth-order valence-corrected chi connectivity index (χ4v) is 8.07. The monoisotopic (exact) mass is 1200 g/mol. The number of hydrogen-bond acceptors (Lipinski definition) is 6. The zero-order valence-corrected chi connectivity index (χ0v) is 55.8. The molecule has 0 unspecified atom stereocenters. The van der Waals surface area contributed by atoms with Gasteiger partial charge >= 0.3 is 242 Å². The van der Waals surface area contributed by atoms with Crippen LogP contribution in [0.4, 0.5) is 61.5 Å². The predicted octanol–water partition coefficient (Wildman–Crippen LogP) is 4.29. The molecule has 6 rings (SSSR count). The molecule has 28 heteroatoms. The predicted molar refractivity (Wildman–Crippen MR) is 235 cm³/mol. The maximum absolute atomic E-state index is 13.9. The third kappa shape index (κ3) is 16.4. The number of halogens is 14. The second-order valence-corrected chi connectivity index (χ2v) is 17.7. The third-order valence-corrected chi connectivity index (χ3v) is 12.0. The van der Waals surface area contributed by atoms with Crippen molar-refractivity contribution < 1.29 is 271 Å². The van der Waals surface area contributed by atoms with E-state index < -0.39 is 88.0 Å². The molecule has 0 N–H and O–H groups in total. The van der Waals surface area contributed by atoms with E-state index in [-0.39, 0.29) is 217 Å². The van der Waals surface area contributed by atoms with Crippen LogP contribution < -0.4 is 206 Å². The van der Waals surface area contributed by atoms with E-state index in [0.29, 0.717) is 34.7 Å². The van der Waals surface area contributed by atoms with Gasteiger partial charge in [-0.3, -0.25) is 0 Å². The van der Waals surface area contributed by atoms with Crippen molar-refractivity contribution in [3.05, 3.63) is 171 Å². The standard InChI is InChI=1S/C14H11F7N2.C12H8N2O.C12H8N2S.C11H5F7N2.4K/c1-11(2,3)9-5-8(7(6-22)10(9)23-4)12(15,16)13(17,18)14(19,20)21;2*1-8-6-9(11-4-3-5-15-11)10(7-13)12(8)14-2;1-5-3-7(6(4-19)8(5)20-2)9(12,13)10(14,15)11(16,17)18;;;;/h5H2,1-3H3;2*3-5H,6H2,1H3;3H2,1H3;;;;/q;;;;4*+1. The van der Waals surface area contributed by atoms with Gasteiger partial charge in [0.05, 0.1) is 79.1 Å². The van der Waals surface area contributed by atoms with Gasteiger partial charge < -0.3 is 4.42 Å². The SMILES string of the molecule is [C-]#[N+]C1=C(C(C)(C)C)CC(C(F)(F)C(F)(F)C(F)(F)F)=C1C#N.[C-]#[N+]C1=C(C)CC(C(F)(F)C(F)(F)C(F)(F)F)=C1C#N.[C-]#[N+]C1=C(C)CC(c2ccco2)=C1C#N.[C-]#[N+]C1=C(C)CC(c2cccs2)=C1C#N.[K+].[K+].[K+].[K+]. The van der Waals surface area contributed by atoms with Crippen molar-refractivity contribution in [2.24, 2.45) is 5.41 Å². The van der Waals surface area contributed by atoms with Crippen LogP contribution in [0.1, 0.15) is 77.9 Å². The summed E-state index contributed by atoms with van der Waals surface area (Å²) >= 11 is 1.62. The molecule has 2 heterocycles. The molecule has 0 atom stereocenters. The van der Waals surface area contributed by atoms with Gasteiger partial charge in [0.25, 0.3) is 0 Å². The number of rotatable bonds is 6. The number of nitriles is 4. The van der Waals surface area contributed by atoms with Crippen LogP contribution >= 0.6 is 11.3 Å². The van der Waals surface area contributed by atoms with Gasteiger partial charge in [-0.2, -0.15) is 82.5 Å². The molecule has 0 saturated carbocycles. The molecule has 4 aliphatic rings. The van der Waals surface area contributed by atoms with Crippen molar-refractivity contribution >= 4 is 22.5 Å². The van der Waals surface area contributed by atoms with Crippen molar-refractivity contribution in [2.75, 3.05) is 0 Å². The summed E-state index contributed by atoms with van der Waals surface area (Å²) in [5.74, 6) is -23.2. The van der Waals surface area contributed by atoms with Gasteiger partial charge in [-0.05, 0) is 60.3 Å². The van der Waals surface area contributed by atoms with E-state index in [2.05, 4.69) is 31.5 Å². The van der Waals surface area contributed by atoms with E-state index in [1.165, 1.54) is 26.8 Å². The normalized spacial score (nSPS) is 15.7. The Kier molecular flexibility index (Phi) is 30.8. The average Bonchev–Trinajstić information content (AvgIpc) is 4.17. The molecule has 4 aliphatic carbocycles. The molecule has 0 radical (unpaired) electrons. The second-order valence-electron chi connectivity index (χ2n) is 16.7. The Morgan fingerprint density at radius 2 is 0.857 bits per heavy atom. The van der Waals surface area contributed by atoms with E-state index in [1.54, 1.807) is 23.7 Å². The smallest absolute Gasteiger partial charge is 0.465 e. The summed E-state index contributed by atoms with van der Waals surface area (Å²) < 4.78 is 186. The van der Waals surface area contributed by atoms with Gasteiger partial charge in [0.1, 0.15) is 5.76 Å². The van der Waals surface area contributed by atoms with Gasteiger partial charge in [-0.25, -0.2) is 19.4 Å². The molecule has 0 spiro atoms. The second kappa shape index (κ2) is 30.6. The molecule has 9 nitrogen and oxygen atoms in total. The van der Waals surface area contributed by atoms with Crippen LogP contribution in [-0.2, 0) is 0 Å². The van der Waals surface area contributed by atoms with Crippen LogP contribution in [0.5, 0.6) is 0 Å². The zero-order valence-electron chi connectivity index (χ0n) is 42.5. The Morgan fingerprint density at radius 3 is 1.19 bits per heavy atom. The summed E-state index contributed by atoms with van der Waals surface area (Å²) in [6.45, 7) is 37.0. The van der Waals surface area contributed by atoms with Crippen molar-refractivity contribution in [1.82, 2.24) is 0 Å². The summed E-state index contributed by atoms with van der Waals surface area (Å²) in [6.07, 6.45) is -12.0. The van der Waals surface area contributed by atoms with Crippen molar-refractivity contribution in [1.29, 1.82) is 21.0 Å². The fourth-order valence-electron chi connectivity index (χ4n) is 7.30. The average molecular weight is 1200 g/mol. The van der Waals surface area contributed by atoms with E-state index in [4.69, 9.17) is 51.8 Å². The van der Waals surface area contributed by atoms with E-state index in [0.717, 1.165) is 46.6 Å². The Balaban J connectivity index is 0. The van der Waals surface area contributed by atoms with E-state index in [1.807, 2.05) is 37.4 Å². The van der Waals surface area contributed by atoms with Gasteiger partial charge in [-0.15, -0.1) is 11.3 Å². The van der Waals surface area contributed by atoms with Crippen LogP contribution in [-0.4, -0.2) is 36.0 Å². The fraction of sp³-hybridized carbons (Fsp3) is 0.347. The van der Waals surface area contributed by atoms with Crippen molar-refractivity contribution in [2.45, 2.75) is 103 Å². The van der Waals surface area contributed by atoms with Crippen LogP contribution in [0.3, 0.4) is 0 Å². The van der Waals surface area contributed by atoms with Gasteiger partial charge in [-0.1, -0.05) is 69.9 Å². The van der Waals surface area contributed by atoms with E-state index in [9.17, 15) is 61.5 Å². The zero-order chi connectivity index (χ0) is 56.0. The first-order valence-electron chi connectivity index (χ1n) is 20.2. The van der Waals surface area contributed by atoms with Crippen LogP contribution in [0.2, 0.25) is 0 Å². The number of thiophene rings is 1. The Labute approximate surface area is 607 Å². The molecule has 0 aliphatic heterocycles. The molecule has 0 amide bonds. The first-order chi connectivity index (χ1) is 33.6. The first kappa shape index (κ1) is 77.5. The summed E-state index contributed by atoms with van der Waals surface area (Å²) in [5, 5.41) is 37.6. The summed E-state index contributed by atoms with van der Waals surface area (Å²) in [7, 11) is 0. The number of alkyl halides is 14. The van der Waals surface area contributed by atoms with Gasteiger partial charge in [0.2, 0.25) is 22.8 Å². The number of nitrogens with zero attached hydrogens (tertiary/aromatic N) is 8. The molecule has 2 aromatic heterocycles. The topological polar surface area (TPSA) is 126 Å². The summed E-state index contributed by atoms with van der Waals surface area (Å²) in [5.41, 5.74) is -2.14. The summed E-state index contributed by atoms with van der Waals surface area (Å²) in [6, 6.07) is 14.1. The maximum Gasteiger partial charge on any atom is 1.00 e. The van der Waals surface area contributed by atoms with Crippen molar-refractivity contribution in [3.63, 3.8) is 0 Å². The maximum atomic E-state index is 13.9. The molecule has 77 heavy (non-hydrogen) atoms. The molecular formula is C49H32F14K4N8OS+4. The molecule has 0 fully saturated rings. The Hall–Kier alpha value is -1.61. The number of allylic oxidation sites excluding steroid dienone is 12. The van der Waals surface area contributed by atoms with E-state index >= 15 is 0 Å². The molecule has 0 saturated heterocycles. The van der Waals surface area contributed by atoms with Gasteiger partial charge in [0, 0.05) is 21.6 Å². The minimum absolute atomic E-state index is 0. The Bertz CT molecular complexity index is 3100. The van der Waals surface area contributed by atoms with Crippen molar-refractivity contribution in [3.8, 4) is 24.3 Å². The quantitative estimate of drug-likeness (QED) is 0.243. The van der Waals surface area contributed by atoms with Crippen LogP contribution in [0.25, 0.3) is 30.5 Å². The first-order valence-corrected chi connectivity index (χ1v) is 21.1. The summed E-state index contributed by atoms with van der Waals surface area (Å²) in [4.78, 5) is 13.5. The minimum atomic E-state index is -6.49. The molecule has 378 valence electrons. The largest absolute Gasteiger partial charge is 1.00 e. The minimum Gasteiger partial charge on any atom is -0.465 e. The van der Waals surface area contributed by atoms with Crippen LogP contribution in [0, 0.1) is 77.0 Å². The molecular weight excluding hydrogens is 1170 g/mol. The molecule has 0 aromatic carbocycles. The number of furan rings is 1. The Morgan fingerprint density at radius 1 is 0.494 bits per heavy atom. The molecule has 2 aromatic rings. The molecule has 0 bridgehead atoms. The number of hydrogen-bond donors (Lipinski definition) is 0. The van der Waals surface area contributed by atoms with Crippen LogP contribution in [0.15, 0.2) is 119 Å². The van der Waals surface area contributed by atoms with Gasteiger partial charge in [0.15, 0.2) is 0 Å².